The number of nitrogens with two attached hydrogens (primary N) is 1. The summed E-state index contributed by atoms with van der Waals surface area (Å²) in [6, 6.07) is 9.84. The number of quaternary nitrogens is 1. The van der Waals surface area contributed by atoms with E-state index >= 15 is 0 Å². The van der Waals surface area contributed by atoms with Gasteiger partial charge in [-0.2, -0.15) is 0 Å². The highest BCUT2D eigenvalue weighted by Crippen LogP contribution is 2.27. The molecule has 0 unspecified atom stereocenters. The van der Waals surface area contributed by atoms with Crippen LogP contribution >= 0.6 is 0 Å². The zero-order valence-electron chi connectivity index (χ0n) is 13.0. The van der Waals surface area contributed by atoms with E-state index in [0.29, 0.717) is 12.5 Å². The van der Waals surface area contributed by atoms with Crippen molar-refractivity contribution in [3.63, 3.8) is 0 Å². The van der Waals surface area contributed by atoms with Crippen LogP contribution in [0.5, 0.6) is 0 Å². The van der Waals surface area contributed by atoms with Gasteiger partial charge in [0.05, 0.1) is 19.7 Å². The number of benzene rings is 1. The second kappa shape index (κ2) is 7.57. The van der Waals surface area contributed by atoms with Gasteiger partial charge in [0.2, 0.25) is 0 Å². The molecular formula is C17H26NO3+. The Morgan fingerprint density at radius 2 is 1.90 bits per heavy atom. The zero-order chi connectivity index (χ0) is 15.1. The van der Waals surface area contributed by atoms with Gasteiger partial charge in [0.1, 0.15) is 12.2 Å². The number of piperidine rings is 1. The molecule has 0 radical (unpaired) electrons. The molecule has 1 aliphatic rings. The van der Waals surface area contributed by atoms with Crippen molar-refractivity contribution in [1.82, 2.24) is 0 Å². The smallest absolute Gasteiger partial charge is 0.332 e. The molecule has 0 aromatic heterocycles. The van der Waals surface area contributed by atoms with Gasteiger partial charge in [-0.3, -0.25) is 0 Å². The van der Waals surface area contributed by atoms with E-state index in [2.05, 4.69) is 5.32 Å². The minimum Gasteiger partial charge on any atom is -0.458 e. The molecule has 0 amide bonds. The molecule has 1 aliphatic heterocycles. The maximum Gasteiger partial charge on any atom is 0.332 e. The number of hydrogen-bond acceptors (Lipinski definition) is 3. The first-order valence-electron chi connectivity index (χ1n) is 7.73. The number of rotatable bonds is 6. The molecule has 1 aromatic rings. The summed E-state index contributed by atoms with van der Waals surface area (Å²) < 4.78 is 11.1. The minimum absolute atomic E-state index is 0.0111. The van der Waals surface area contributed by atoms with Crippen LogP contribution in [0.15, 0.2) is 30.3 Å². The molecule has 0 atom stereocenters. The molecule has 1 saturated heterocycles. The van der Waals surface area contributed by atoms with Crippen LogP contribution in [0.1, 0.15) is 32.3 Å². The first-order chi connectivity index (χ1) is 10.1. The summed E-state index contributed by atoms with van der Waals surface area (Å²) in [7, 11) is 0. The normalized spacial score (nSPS) is 16.7. The Morgan fingerprint density at radius 3 is 2.57 bits per heavy atom. The Balaban J connectivity index is 1.73. The molecule has 0 aliphatic carbocycles. The van der Waals surface area contributed by atoms with Crippen molar-refractivity contribution in [3.05, 3.63) is 35.9 Å². The largest absolute Gasteiger partial charge is 0.458 e. The average Bonchev–Trinajstić information content (AvgIpc) is 2.49. The molecule has 21 heavy (non-hydrogen) atoms. The molecule has 0 bridgehead atoms. The van der Waals surface area contributed by atoms with Crippen LogP contribution in [0.2, 0.25) is 0 Å². The van der Waals surface area contributed by atoms with Gasteiger partial charge in [-0.05, 0) is 19.4 Å². The van der Waals surface area contributed by atoms with Crippen molar-refractivity contribution in [1.29, 1.82) is 0 Å². The number of hydrogen-bond donors (Lipinski definition) is 1. The molecule has 1 heterocycles. The number of carbonyl (C=O) groups is 1. The van der Waals surface area contributed by atoms with Crippen LogP contribution in [-0.2, 0) is 20.9 Å². The van der Waals surface area contributed by atoms with E-state index in [1.807, 2.05) is 44.2 Å². The summed E-state index contributed by atoms with van der Waals surface area (Å²) >= 11 is 0. The molecular weight excluding hydrogens is 266 g/mol. The van der Waals surface area contributed by atoms with Crippen LogP contribution in [0.25, 0.3) is 0 Å². The molecule has 1 fully saturated rings. The third-order valence-electron chi connectivity index (χ3n) is 4.13. The second-order valence-corrected chi connectivity index (χ2v) is 6.20. The first kappa shape index (κ1) is 16.0. The number of ether oxygens (including phenoxy) is 2. The fourth-order valence-electron chi connectivity index (χ4n) is 2.85. The van der Waals surface area contributed by atoms with Gasteiger partial charge in [0, 0.05) is 18.8 Å². The van der Waals surface area contributed by atoms with E-state index in [-0.39, 0.29) is 12.6 Å². The Kier molecular flexibility index (Phi) is 5.76. The van der Waals surface area contributed by atoms with Gasteiger partial charge < -0.3 is 14.8 Å². The average molecular weight is 292 g/mol. The Morgan fingerprint density at radius 1 is 1.24 bits per heavy atom. The van der Waals surface area contributed by atoms with Crippen molar-refractivity contribution in [3.8, 4) is 0 Å². The lowest BCUT2D eigenvalue weighted by Gasteiger charge is -2.35. The summed E-state index contributed by atoms with van der Waals surface area (Å²) in [5, 5.41) is 2.32. The van der Waals surface area contributed by atoms with Crippen LogP contribution in [0.4, 0.5) is 0 Å². The maximum atomic E-state index is 11.9. The second-order valence-electron chi connectivity index (χ2n) is 6.20. The summed E-state index contributed by atoms with van der Waals surface area (Å²) in [5.41, 5.74) is 0.661. The Labute approximate surface area is 126 Å². The van der Waals surface area contributed by atoms with Crippen LogP contribution in [-0.4, -0.2) is 31.3 Å². The van der Waals surface area contributed by atoms with Gasteiger partial charge in [-0.15, -0.1) is 0 Å². The summed E-state index contributed by atoms with van der Waals surface area (Å²) in [5.74, 6) is 0.172. The van der Waals surface area contributed by atoms with Gasteiger partial charge in [-0.1, -0.05) is 30.3 Å². The molecule has 116 valence electrons. The fraction of sp³-hybridized carbons (Fsp3) is 0.588. The van der Waals surface area contributed by atoms with E-state index in [1.54, 1.807) is 0 Å². The van der Waals surface area contributed by atoms with E-state index in [9.17, 15) is 4.79 Å². The minimum atomic E-state index is -0.401. The lowest BCUT2D eigenvalue weighted by molar-refractivity contribution is -0.665. The predicted molar refractivity (Wildman–Crippen MR) is 80.7 cm³/mol. The molecule has 0 spiro atoms. The van der Waals surface area contributed by atoms with Crippen LogP contribution in [0.3, 0.4) is 0 Å². The third-order valence-corrected chi connectivity index (χ3v) is 4.13. The van der Waals surface area contributed by atoms with Crippen molar-refractivity contribution in [2.24, 2.45) is 5.92 Å². The molecule has 0 saturated carbocycles. The molecule has 4 nitrogen and oxygen atoms in total. The summed E-state index contributed by atoms with van der Waals surface area (Å²) in [4.78, 5) is 11.9. The number of esters is 1. The molecule has 2 N–H and O–H groups in total. The van der Waals surface area contributed by atoms with Gasteiger partial charge in [-0.25, -0.2) is 4.79 Å². The zero-order valence-corrected chi connectivity index (χ0v) is 13.0. The fourth-order valence-corrected chi connectivity index (χ4v) is 2.85. The molecule has 2 rings (SSSR count). The van der Waals surface area contributed by atoms with Crippen LogP contribution < -0.4 is 5.32 Å². The highest BCUT2D eigenvalue weighted by atomic mass is 16.6. The van der Waals surface area contributed by atoms with E-state index < -0.39 is 5.60 Å². The quantitative estimate of drug-likeness (QED) is 0.808. The highest BCUT2D eigenvalue weighted by Gasteiger charge is 2.35. The van der Waals surface area contributed by atoms with E-state index in [0.717, 1.165) is 31.5 Å². The number of carbonyl (C=O) groups excluding carboxylic acids is 1. The first-order valence-corrected chi connectivity index (χ1v) is 7.73. The van der Waals surface area contributed by atoms with Crippen molar-refractivity contribution < 1.29 is 19.6 Å². The van der Waals surface area contributed by atoms with Crippen molar-refractivity contribution >= 4 is 5.97 Å². The Hall–Kier alpha value is -1.39. The molecule has 1 aromatic carbocycles. The van der Waals surface area contributed by atoms with Crippen molar-refractivity contribution in [2.75, 3.05) is 19.7 Å². The van der Waals surface area contributed by atoms with Crippen molar-refractivity contribution in [2.45, 2.75) is 38.9 Å². The third kappa shape index (κ3) is 5.14. The van der Waals surface area contributed by atoms with E-state index in [4.69, 9.17) is 9.47 Å². The standard InChI is InChI=1S/C17H25NO3/c1-17(2,15-8-10-18-11-9-15)21-16(19)13-20-12-14-6-4-3-5-7-14/h3-7,15,18H,8-13H2,1-2H3/p+1. The monoisotopic (exact) mass is 292 g/mol. The topological polar surface area (TPSA) is 52.1 Å². The van der Waals surface area contributed by atoms with Gasteiger partial charge in [0.15, 0.2) is 0 Å². The van der Waals surface area contributed by atoms with Crippen LogP contribution in [0, 0.1) is 5.92 Å². The lowest BCUT2D eigenvalue weighted by Crippen LogP contribution is -2.86. The predicted octanol–water partition coefficient (Wildman–Crippen LogP) is 1.50. The van der Waals surface area contributed by atoms with Gasteiger partial charge in [0.25, 0.3) is 0 Å². The maximum absolute atomic E-state index is 11.9. The highest BCUT2D eigenvalue weighted by molar-refractivity contribution is 5.71. The lowest BCUT2D eigenvalue weighted by atomic mass is 9.83. The Bertz CT molecular complexity index is 439. The summed E-state index contributed by atoms with van der Waals surface area (Å²) in [6.45, 7) is 6.72. The van der Waals surface area contributed by atoms with E-state index in [1.165, 1.54) is 0 Å². The SMILES string of the molecule is CC(C)(OC(=O)COCc1ccccc1)C1CC[NH2+]CC1. The summed E-state index contributed by atoms with van der Waals surface area (Å²) in [6.07, 6.45) is 2.20. The molecule has 4 heteroatoms. The van der Waals surface area contributed by atoms with Gasteiger partial charge >= 0.3 is 5.97 Å².